The molecular formula is C18H14ClN3O. The molecular weight excluding hydrogens is 310 g/mol. The predicted octanol–water partition coefficient (Wildman–Crippen LogP) is 4.23. The molecule has 0 saturated carbocycles. The van der Waals surface area contributed by atoms with Crippen molar-refractivity contribution in [2.24, 2.45) is 0 Å². The summed E-state index contributed by atoms with van der Waals surface area (Å²) in [5, 5.41) is 10.7. The largest absolute Gasteiger partial charge is 0.487 e. The van der Waals surface area contributed by atoms with Crippen LogP contribution in [0.1, 0.15) is 16.8 Å². The third-order valence-electron chi connectivity index (χ3n) is 3.59. The van der Waals surface area contributed by atoms with Crippen LogP contribution in [-0.4, -0.2) is 4.98 Å². The summed E-state index contributed by atoms with van der Waals surface area (Å²) >= 11 is 6.19. The first-order valence-electron chi connectivity index (χ1n) is 7.06. The Morgan fingerprint density at radius 1 is 1.22 bits per heavy atom. The van der Waals surface area contributed by atoms with E-state index in [1.807, 2.05) is 37.3 Å². The summed E-state index contributed by atoms with van der Waals surface area (Å²) in [6, 6.07) is 15.0. The lowest BCUT2D eigenvalue weighted by Crippen LogP contribution is -2.03. The smallest absolute Gasteiger partial charge is 0.146 e. The van der Waals surface area contributed by atoms with Gasteiger partial charge in [0.15, 0.2) is 0 Å². The van der Waals surface area contributed by atoms with Crippen molar-refractivity contribution in [3.8, 4) is 11.8 Å². The first kappa shape index (κ1) is 15.1. The Morgan fingerprint density at radius 3 is 2.83 bits per heavy atom. The fourth-order valence-electron chi connectivity index (χ4n) is 2.40. The summed E-state index contributed by atoms with van der Waals surface area (Å²) in [4.78, 5) is 4.52. The molecule has 23 heavy (non-hydrogen) atoms. The minimum Gasteiger partial charge on any atom is -0.487 e. The van der Waals surface area contributed by atoms with Crippen LogP contribution in [0, 0.1) is 18.3 Å². The van der Waals surface area contributed by atoms with Crippen molar-refractivity contribution in [2.45, 2.75) is 13.5 Å². The van der Waals surface area contributed by atoms with Crippen LogP contribution in [0.2, 0.25) is 5.02 Å². The van der Waals surface area contributed by atoms with Gasteiger partial charge < -0.3 is 10.5 Å². The minimum absolute atomic E-state index is 0.154. The standard InChI is InChI=1S/C18H14ClN3O/c1-11-5-6-12-3-2-4-17(18(12)22-11)23-10-14-13(9-20)16(21)8-7-15(14)19/h2-8H,10,21H2,1H3. The molecule has 114 valence electrons. The van der Waals surface area contributed by atoms with Crippen molar-refractivity contribution in [3.63, 3.8) is 0 Å². The number of ether oxygens (including phenoxy) is 1. The number of nitrogens with zero attached hydrogens (tertiary/aromatic N) is 2. The quantitative estimate of drug-likeness (QED) is 0.732. The number of anilines is 1. The van der Waals surface area contributed by atoms with Crippen LogP contribution >= 0.6 is 11.6 Å². The Balaban J connectivity index is 1.98. The molecule has 0 amide bonds. The summed E-state index contributed by atoms with van der Waals surface area (Å²) in [6.45, 7) is 2.08. The minimum atomic E-state index is 0.154. The summed E-state index contributed by atoms with van der Waals surface area (Å²) in [6.07, 6.45) is 0. The molecule has 1 heterocycles. The SMILES string of the molecule is Cc1ccc2cccc(OCc3c(Cl)ccc(N)c3C#N)c2n1. The Kier molecular flexibility index (Phi) is 4.05. The summed E-state index contributed by atoms with van der Waals surface area (Å²) in [5.41, 5.74) is 8.85. The molecule has 0 radical (unpaired) electrons. The van der Waals surface area contributed by atoms with E-state index in [-0.39, 0.29) is 6.61 Å². The molecule has 0 aliphatic heterocycles. The number of rotatable bonds is 3. The molecule has 1 aromatic heterocycles. The lowest BCUT2D eigenvalue weighted by atomic mass is 10.1. The highest BCUT2D eigenvalue weighted by Gasteiger charge is 2.12. The first-order chi connectivity index (χ1) is 11.1. The van der Waals surface area contributed by atoms with Gasteiger partial charge in [0.05, 0.1) is 5.56 Å². The van der Waals surface area contributed by atoms with Crippen LogP contribution in [0.3, 0.4) is 0 Å². The average molecular weight is 324 g/mol. The van der Waals surface area contributed by atoms with E-state index >= 15 is 0 Å². The third-order valence-corrected chi connectivity index (χ3v) is 3.95. The second-order valence-electron chi connectivity index (χ2n) is 5.17. The van der Waals surface area contributed by atoms with Crippen molar-refractivity contribution in [1.29, 1.82) is 5.26 Å². The fourth-order valence-corrected chi connectivity index (χ4v) is 2.61. The Bertz CT molecular complexity index is 931. The third kappa shape index (κ3) is 2.92. The summed E-state index contributed by atoms with van der Waals surface area (Å²) in [5.74, 6) is 0.647. The molecule has 3 aromatic rings. The Hall–Kier alpha value is -2.77. The zero-order chi connectivity index (χ0) is 16.4. The molecule has 2 aromatic carbocycles. The van der Waals surface area contributed by atoms with Crippen molar-refractivity contribution in [2.75, 3.05) is 5.73 Å². The van der Waals surface area contributed by atoms with Crippen LogP contribution in [0.25, 0.3) is 10.9 Å². The van der Waals surface area contributed by atoms with Crippen LogP contribution < -0.4 is 10.5 Å². The zero-order valence-electron chi connectivity index (χ0n) is 12.5. The average Bonchev–Trinajstić information content (AvgIpc) is 2.55. The van der Waals surface area contributed by atoms with Gasteiger partial charge in [-0.1, -0.05) is 29.8 Å². The summed E-state index contributed by atoms with van der Waals surface area (Å²) in [7, 11) is 0. The highest BCUT2D eigenvalue weighted by atomic mass is 35.5. The van der Waals surface area contributed by atoms with Crippen molar-refractivity contribution in [1.82, 2.24) is 4.98 Å². The van der Waals surface area contributed by atoms with E-state index in [2.05, 4.69) is 11.1 Å². The molecule has 0 aliphatic rings. The molecule has 0 atom stereocenters. The van der Waals surface area contributed by atoms with Gasteiger partial charge in [0.2, 0.25) is 0 Å². The van der Waals surface area contributed by atoms with Crippen molar-refractivity contribution < 1.29 is 4.74 Å². The monoisotopic (exact) mass is 323 g/mol. The number of aryl methyl sites for hydroxylation is 1. The lowest BCUT2D eigenvalue weighted by Gasteiger charge is -2.12. The number of aromatic nitrogens is 1. The van der Waals surface area contributed by atoms with Crippen molar-refractivity contribution >= 4 is 28.2 Å². The number of para-hydroxylation sites is 1. The van der Waals surface area contributed by atoms with E-state index in [0.717, 1.165) is 16.6 Å². The van der Waals surface area contributed by atoms with Gasteiger partial charge in [0, 0.05) is 27.4 Å². The van der Waals surface area contributed by atoms with Crippen LogP contribution in [0.15, 0.2) is 42.5 Å². The molecule has 5 heteroatoms. The Labute approximate surface area is 139 Å². The number of hydrogen-bond acceptors (Lipinski definition) is 4. The number of benzene rings is 2. The van der Waals surface area contributed by atoms with Gasteiger partial charge in [-0.15, -0.1) is 0 Å². The number of pyridine rings is 1. The number of fused-ring (bicyclic) bond motifs is 1. The Morgan fingerprint density at radius 2 is 2.04 bits per heavy atom. The van der Waals surface area contributed by atoms with Gasteiger partial charge in [-0.2, -0.15) is 5.26 Å². The maximum Gasteiger partial charge on any atom is 0.146 e. The van der Waals surface area contributed by atoms with E-state index in [9.17, 15) is 5.26 Å². The van der Waals surface area contributed by atoms with Gasteiger partial charge in [0.1, 0.15) is 23.9 Å². The molecule has 2 N–H and O–H groups in total. The fraction of sp³-hybridized carbons (Fsp3) is 0.111. The second-order valence-corrected chi connectivity index (χ2v) is 5.58. The van der Waals surface area contributed by atoms with E-state index in [1.165, 1.54) is 0 Å². The highest BCUT2D eigenvalue weighted by molar-refractivity contribution is 6.31. The highest BCUT2D eigenvalue weighted by Crippen LogP contribution is 2.29. The molecule has 0 aliphatic carbocycles. The van der Waals surface area contributed by atoms with Gasteiger partial charge in [0.25, 0.3) is 0 Å². The first-order valence-corrected chi connectivity index (χ1v) is 7.44. The van der Waals surface area contributed by atoms with Gasteiger partial charge in [-0.25, -0.2) is 4.98 Å². The van der Waals surface area contributed by atoms with Crippen molar-refractivity contribution in [3.05, 3.63) is 64.3 Å². The van der Waals surface area contributed by atoms with E-state index in [0.29, 0.717) is 27.6 Å². The van der Waals surface area contributed by atoms with Crippen LogP contribution in [-0.2, 0) is 6.61 Å². The van der Waals surface area contributed by atoms with Gasteiger partial charge in [-0.05, 0) is 31.2 Å². The number of nitrogen functional groups attached to an aromatic ring is 1. The predicted molar refractivity (Wildman–Crippen MR) is 91.4 cm³/mol. The molecule has 0 spiro atoms. The molecule has 4 nitrogen and oxygen atoms in total. The molecule has 0 bridgehead atoms. The van der Waals surface area contributed by atoms with Crippen LogP contribution in [0.5, 0.6) is 5.75 Å². The molecule has 0 fully saturated rings. The van der Waals surface area contributed by atoms with Gasteiger partial charge >= 0.3 is 0 Å². The topological polar surface area (TPSA) is 71.9 Å². The zero-order valence-corrected chi connectivity index (χ0v) is 13.3. The van der Waals surface area contributed by atoms with E-state index in [1.54, 1.807) is 12.1 Å². The van der Waals surface area contributed by atoms with E-state index < -0.39 is 0 Å². The number of nitriles is 1. The second kappa shape index (κ2) is 6.15. The van der Waals surface area contributed by atoms with Crippen LogP contribution in [0.4, 0.5) is 5.69 Å². The molecule has 0 unspecified atom stereocenters. The molecule has 0 saturated heterocycles. The normalized spacial score (nSPS) is 10.5. The number of halogens is 1. The maximum atomic E-state index is 9.27. The van der Waals surface area contributed by atoms with Gasteiger partial charge in [-0.3, -0.25) is 0 Å². The lowest BCUT2D eigenvalue weighted by molar-refractivity contribution is 0.309. The summed E-state index contributed by atoms with van der Waals surface area (Å²) < 4.78 is 5.89. The maximum absolute atomic E-state index is 9.27. The van der Waals surface area contributed by atoms with E-state index in [4.69, 9.17) is 22.1 Å². The number of hydrogen-bond donors (Lipinski definition) is 1. The molecule has 3 rings (SSSR count). The number of nitrogens with two attached hydrogens (primary N) is 1.